The maximum absolute atomic E-state index is 13.8. The summed E-state index contributed by atoms with van der Waals surface area (Å²) in [4.78, 5) is 12.4. The van der Waals surface area contributed by atoms with Gasteiger partial charge in [-0.3, -0.25) is 9.48 Å². The van der Waals surface area contributed by atoms with E-state index < -0.39 is 35.7 Å². The first kappa shape index (κ1) is 18.8. The normalized spacial score (nSPS) is 16.5. The van der Waals surface area contributed by atoms with Gasteiger partial charge in [0.05, 0.1) is 12.0 Å². The molecule has 1 aromatic heterocycles. The third-order valence-corrected chi connectivity index (χ3v) is 3.92. The molecule has 3 rings (SSSR count). The molecule has 0 atom stereocenters. The molecule has 1 aromatic carbocycles. The van der Waals surface area contributed by atoms with Crippen LogP contribution in [0.1, 0.15) is 28.0 Å². The minimum absolute atomic E-state index is 0.157. The van der Waals surface area contributed by atoms with Gasteiger partial charge in [0.15, 0.2) is 5.69 Å². The number of allylic oxidation sites excluding steroid dienone is 4. The number of aromatic nitrogens is 2. The van der Waals surface area contributed by atoms with Crippen LogP contribution in [0.5, 0.6) is 0 Å². The molecule has 0 saturated heterocycles. The highest BCUT2D eigenvalue weighted by Crippen LogP contribution is 2.35. The number of carbonyl (C=O) groups is 1. The zero-order valence-electron chi connectivity index (χ0n) is 14.0. The van der Waals surface area contributed by atoms with E-state index in [2.05, 4.69) is 10.4 Å². The van der Waals surface area contributed by atoms with Crippen molar-refractivity contribution in [3.05, 3.63) is 71.2 Å². The maximum Gasteiger partial charge on any atom is 0.435 e. The molecule has 1 heterocycles. The molecule has 0 saturated carbocycles. The van der Waals surface area contributed by atoms with Gasteiger partial charge in [-0.25, -0.2) is 8.78 Å². The third kappa shape index (κ3) is 4.07. The zero-order chi connectivity index (χ0) is 19.8. The molecule has 27 heavy (non-hydrogen) atoms. The van der Waals surface area contributed by atoms with Gasteiger partial charge in [0, 0.05) is 24.5 Å². The molecule has 1 aliphatic carbocycles. The van der Waals surface area contributed by atoms with Gasteiger partial charge in [-0.2, -0.15) is 18.3 Å². The highest BCUT2D eigenvalue weighted by Gasteiger charge is 2.40. The van der Waals surface area contributed by atoms with Crippen molar-refractivity contribution in [3.8, 4) is 0 Å². The van der Waals surface area contributed by atoms with Gasteiger partial charge in [0.25, 0.3) is 11.8 Å². The smallest absolute Gasteiger partial charge is 0.325 e. The van der Waals surface area contributed by atoms with Crippen molar-refractivity contribution < 1.29 is 26.7 Å². The second-order valence-electron chi connectivity index (χ2n) is 6.05. The average Bonchev–Trinajstić information content (AvgIpc) is 2.97. The van der Waals surface area contributed by atoms with Gasteiger partial charge >= 0.3 is 6.18 Å². The summed E-state index contributed by atoms with van der Waals surface area (Å²) in [6, 6.07) is 8.41. The quantitative estimate of drug-likeness (QED) is 0.809. The maximum atomic E-state index is 13.8. The van der Waals surface area contributed by atoms with Gasteiger partial charge in [-0.15, -0.1) is 0 Å². The first-order chi connectivity index (χ1) is 12.6. The molecule has 0 aliphatic heterocycles. The first-order valence-corrected chi connectivity index (χ1v) is 7.85. The number of hydrogen-bond acceptors (Lipinski definition) is 2. The van der Waals surface area contributed by atoms with Crippen LogP contribution in [0.3, 0.4) is 0 Å². The topological polar surface area (TPSA) is 46.9 Å². The average molecular weight is 383 g/mol. The largest absolute Gasteiger partial charge is 0.435 e. The summed E-state index contributed by atoms with van der Waals surface area (Å²) in [6.07, 6.45) is -2.92. The predicted octanol–water partition coefficient (Wildman–Crippen LogP) is 4.18. The molecule has 0 bridgehead atoms. The molecular weight excluding hydrogens is 369 g/mol. The van der Waals surface area contributed by atoms with Crippen LogP contribution in [0, 0.1) is 0 Å². The fraction of sp³-hybridized carbons (Fsp3) is 0.222. The summed E-state index contributed by atoms with van der Waals surface area (Å²) < 4.78 is 67.6. The number of benzene rings is 1. The Balaban J connectivity index is 2.00. The number of aryl methyl sites for hydroxylation is 1. The third-order valence-electron chi connectivity index (χ3n) is 3.92. The molecule has 142 valence electrons. The molecule has 1 aliphatic rings. The van der Waals surface area contributed by atoms with Crippen molar-refractivity contribution in [1.29, 1.82) is 0 Å². The van der Waals surface area contributed by atoms with Gasteiger partial charge in [-0.1, -0.05) is 36.4 Å². The molecule has 2 aromatic rings. The number of hydrogen-bond donors (Lipinski definition) is 1. The lowest BCUT2D eigenvalue weighted by atomic mass is 9.94. The van der Waals surface area contributed by atoms with E-state index in [1.54, 1.807) is 30.3 Å². The van der Waals surface area contributed by atoms with Crippen molar-refractivity contribution in [3.63, 3.8) is 0 Å². The van der Waals surface area contributed by atoms with Crippen molar-refractivity contribution in [1.82, 2.24) is 15.1 Å². The molecular formula is C18H14F5N3O. The van der Waals surface area contributed by atoms with Gasteiger partial charge in [0.2, 0.25) is 0 Å². The highest BCUT2D eigenvalue weighted by molar-refractivity contribution is 5.98. The minimum Gasteiger partial charge on any atom is -0.325 e. The van der Waals surface area contributed by atoms with Gasteiger partial charge < -0.3 is 5.32 Å². The number of nitrogens with one attached hydrogen (secondary N) is 1. The van der Waals surface area contributed by atoms with E-state index in [-0.39, 0.29) is 5.70 Å². The van der Waals surface area contributed by atoms with Crippen molar-refractivity contribution in [2.24, 2.45) is 7.05 Å². The van der Waals surface area contributed by atoms with Crippen LogP contribution >= 0.6 is 0 Å². The molecule has 0 spiro atoms. The number of halogens is 5. The Morgan fingerprint density at radius 2 is 1.89 bits per heavy atom. The van der Waals surface area contributed by atoms with Crippen LogP contribution in [-0.4, -0.2) is 21.6 Å². The second kappa shape index (κ2) is 6.64. The van der Waals surface area contributed by atoms with E-state index in [1.165, 1.54) is 7.05 Å². The molecule has 0 unspecified atom stereocenters. The predicted molar refractivity (Wildman–Crippen MR) is 87.7 cm³/mol. The van der Waals surface area contributed by atoms with Gasteiger partial charge in [0.1, 0.15) is 0 Å². The van der Waals surface area contributed by atoms with Crippen LogP contribution in [-0.2, 0) is 13.2 Å². The number of nitrogens with zero attached hydrogens (tertiary/aromatic N) is 2. The van der Waals surface area contributed by atoms with Crippen LogP contribution in [0.2, 0.25) is 0 Å². The Hall–Kier alpha value is -2.97. The summed E-state index contributed by atoms with van der Waals surface area (Å²) >= 11 is 0. The van der Waals surface area contributed by atoms with Crippen LogP contribution in [0.15, 0.2) is 54.4 Å². The monoisotopic (exact) mass is 383 g/mol. The Bertz CT molecular complexity index is 926. The molecule has 1 N–H and O–H groups in total. The zero-order valence-corrected chi connectivity index (χ0v) is 14.0. The molecule has 9 heteroatoms. The Labute approximate surface area is 151 Å². The summed E-state index contributed by atoms with van der Waals surface area (Å²) in [5.41, 5.74) is -1.39. The Morgan fingerprint density at radius 3 is 2.52 bits per heavy atom. The summed E-state index contributed by atoms with van der Waals surface area (Å²) in [5.74, 6) is -4.37. The Morgan fingerprint density at radius 1 is 1.22 bits per heavy atom. The fourth-order valence-corrected chi connectivity index (χ4v) is 2.76. The number of amides is 1. The van der Waals surface area contributed by atoms with Crippen molar-refractivity contribution >= 4 is 11.5 Å². The number of carbonyl (C=O) groups excluding carboxylic acids is 1. The van der Waals surface area contributed by atoms with E-state index in [0.717, 1.165) is 17.0 Å². The second-order valence-corrected chi connectivity index (χ2v) is 6.05. The van der Waals surface area contributed by atoms with Crippen LogP contribution in [0.25, 0.3) is 5.57 Å². The SMILES string of the molecule is Cn1cc(C(=O)NC2=C(c3ccccc3)C=CC(F)(F)C2)c(C(F)(F)F)n1. The number of alkyl halides is 5. The molecule has 1 amide bonds. The fourth-order valence-electron chi connectivity index (χ4n) is 2.76. The summed E-state index contributed by atoms with van der Waals surface area (Å²) in [7, 11) is 1.23. The lowest BCUT2D eigenvalue weighted by molar-refractivity contribution is -0.141. The molecule has 4 nitrogen and oxygen atoms in total. The highest BCUT2D eigenvalue weighted by atomic mass is 19.4. The van der Waals surface area contributed by atoms with Gasteiger partial charge in [-0.05, 0) is 11.6 Å². The number of rotatable bonds is 3. The van der Waals surface area contributed by atoms with E-state index in [1.807, 2.05) is 0 Å². The Kier molecular flexibility index (Phi) is 4.63. The van der Waals surface area contributed by atoms with E-state index in [9.17, 15) is 26.7 Å². The van der Waals surface area contributed by atoms with Crippen LogP contribution in [0.4, 0.5) is 22.0 Å². The molecule has 0 radical (unpaired) electrons. The van der Waals surface area contributed by atoms with Crippen LogP contribution < -0.4 is 5.32 Å². The summed E-state index contributed by atoms with van der Waals surface area (Å²) in [6.45, 7) is 0. The lowest BCUT2D eigenvalue weighted by Gasteiger charge is -2.23. The van der Waals surface area contributed by atoms with E-state index in [0.29, 0.717) is 17.2 Å². The molecule has 0 fully saturated rings. The lowest BCUT2D eigenvalue weighted by Crippen LogP contribution is -2.30. The van der Waals surface area contributed by atoms with E-state index >= 15 is 0 Å². The first-order valence-electron chi connectivity index (χ1n) is 7.85. The van der Waals surface area contributed by atoms with Crippen molar-refractivity contribution in [2.45, 2.75) is 18.5 Å². The minimum atomic E-state index is -4.85. The standard InChI is InChI=1S/C18H14F5N3O/c1-26-10-13(15(25-26)18(21,22)23)16(27)24-14-9-17(19,20)8-7-12(14)11-5-3-2-4-6-11/h2-8,10H,9H2,1H3,(H,24,27). The van der Waals surface area contributed by atoms with Crippen molar-refractivity contribution in [2.75, 3.05) is 0 Å². The van der Waals surface area contributed by atoms with E-state index in [4.69, 9.17) is 0 Å². The summed E-state index contributed by atoms with van der Waals surface area (Å²) in [5, 5.41) is 5.48.